The fourth-order valence-corrected chi connectivity index (χ4v) is 3.02. The standard InChI is InChI=1S/C21H23N5O2S/c1-28-12-11-22-20(27)15-26-14-16(18-9-5-6-10-19(18)26)13-23-25-21(29)24-17-7-3-2-4-8-17/h2-10,13-14H,11-12,15H2,1H3,(H,22,27)(H2,24,25,29)/b23-13-. The molecule has 0 saturated heterocycles. The van der Waals surface area contributed by atoms with E-state index >= 15 is 0 Å². The molecule has 0 bridgehead atoms. The first-order chi connectivity index (χ1) is 14.2. The Labute approximate surface area is 174 Å². The van der Waals surface area contributed by atoms with Crippen LogP contribution in [0.4, 0.5) is 5.69 Å². The smallest absolute Gasteiger partial charge is 0.240 e. The summed E-state index contributed by atoms with van der Waals surface area (Å²) < 4.78 is 6.86. The second-order valence-electron chi connectivity index (χ2n) is 6.26. The Balaban J connectivity index is 1.67. The Bertz CT molecular complexity index is 1000. The lowest BCUT2D eigenvalue weighted by atomic mass is 10.2. The van der Waals surface area contributed by atoms with Crippen LogP contribution in [0.25, 0.3) is 10.9 Å². The van der Waals surface area contributed by atoms with Crippen molar-refractivity contribution in [3.63, 3.8) is 0 Å². The second kappa shape index (κ2) is 10.4. The highest BCUT2D eigenvalue weighted by atomic mass is 32.1. The number of thiocarbonyl (C=S) groups is 1. The molecule has 0 aliphatic carbocycles. The van der Waals surface area contributed by atoms with E-state index in [1.165, 1.54) is 0 Å². The molecular formula is C21H23N5O2S. The highest BCUT2D eigenvalue weighted by Gasteiger charge is 2.09. The molecule has 3 aromatic rings. The Morgan fingerprint density at radius 3 is 2.72 bits per heavy atom. The summed E-state index contributed by atoms with van der Waals surface area (Å²) in [6.07, 6.45) is 3.60. The fraction of sp³-hybridized carbons (Fsp3) is 0.190. The van der Waals surface area contributed by atoms with Crippen LogP contribution in [0.15, 0.2) is 65.9 Å². The van der Waals surface area contributed by atoms with Gasteiger partial charge in [0, 0.05) is 42.0 Å². The summed E-state index contributed by atoms with van der Waals surface area (Å²) in [5, 5.41) is 11.5. The van der Waals surface area contributed by atoms with Crippen molar-refractivity contribution < 1.29 is 9.53 Å². The maximum absolute atomic E-state index is 12.2. The molecular weight excluding hydrogens is 386 g/mol. The first-order valence-electron chi connectivity index (χ1n) is 9.16. The van der Waals surface area contributed by atoms with Crippen molar-refractivity contribution in [1.29, 1.82) is 0 Å². The van der Waals surface area contributed by atoms with Crippen LogP contribution >= 0.6 is 12.2 Å². The minimum atomic E-state index is -0.0716. The van der Waals surface area contributed by atoms with Crippen LogP contribution in [0.5, 0.6) is 0 Å². The quantitative estimate of drug-likeness (QED) is 0.231. The van der Waals surface area contributed by atoms with Crippen LogP contribution in [0.1, 0.15) is 5.56 Å². The number of carbonyl (C=O) groups excluding carboxylic acids is 1. The first kappa shape index (κ1) is 20.5. The number of benzene rings is 2. The number of carbonyl (C=O) groups is 1. The van der Waals surface area contributed by atoms with E-state index in [0.29, 0.717) is 18.3 Å². The van der Waals surface area contributed by atoms with Crippen LogP contribution < -0.4 is 16.1 Å². The van der Waals surface area contributed by atoms with Crippen molar-refractivity contribution in [3.05, 3.63) is 66.4 Å². The summed E-state index contributed by atoms with van der Waals surface area (Å²) in [4.78, 5) is 12.2. The van der Waals surface area contributed by atoms with E-state index in [4.69, 9.17) is 17.0 Å². The molecule has 8 heteroatoms. The molecule has 1 amide bonds. The van der Waals surface area contributed by atoms with Crippen molar-refractivity contribution in [2.45, 2.75) is 6.54 Å². The number of hydrogen-bond acceptors (Lipinski definition) is 4. The normalized spacial score (nSPS) is 10.9. The van der Waals surface area contributed by atoms with Crippen LogP contribution in [0.2, 0.25) is 0 Å². The number of para-hydroxylation sites is 2. The van der Waals surface area contributed by atoms with E-state index in [2.05, 4.69) is 21.2 Å². The monoisotopic (exact) mass is 409 g/mol. The minimum absolute atomic E-state index is 0.0716. The highest BCUT2D eigenvalue weighted by molar-refractivity contribution is 7.80. The number of fused-ring (bicyclic) bond motifs is 1. The van der Waals surface area contributed by atoms with Gasteiger partial charge < -0.3 is 19.9 Å². The lowest BCUT2D eigenvalue weighted by molar-refractivity contribution is -0.121. The average molecular weight is 410 g/mol. The topological polar surface area (TPSA) is 79.7 Å². The number of methoxy groups -OCH3 is 1. The first-order valence-corrected chi connectivity index (χ1v) is 9.57. The predicted octanol–water partition coefficient (Wildman–Crippen LogP) is 2.72. The molecule has 0 atom stereocenters. The highest BCUT2D eigenvalue weighted by Crippen LogP contribution is 2.19. The van der Waals surface area contributed by atoms with Crippen LogP contribution in [0.3, 0.4) is 0 Å². The van der Waals surface area contributed by atoms with E-state index in [1.54, 1.807) is 13.3 Å². The van der Waals surface area contributed by atoms with Gasteiger partial charge in [-0.1, -0.05) is 36.4 Å². The molecule has 0 radical (unpaired) electrons. The zero-order valence-corrected chi connectivity index (χ0v) is 16.9. The Morgan fingerprint density at radius 1 is 1.17 bits per heavy atom. The summed E-state index contributed by atoms with van der Waals surface area (Å²) in [5.41, 5.74) is 5.55. The summed E-state index contributed by atoms with van der Waals surface area (Å²) in [6.45, 7) is 1.19. The number of hydrazone groups is 1. The number of nitrogens with zero attached hydrogens (tertiary/aromatic N) is 2. The van der Waals surface area contributed by atoms with Crippen molar-refractivity contribution in [2.24, 2.45) is 5.10 Å². The molecule has 29 heavy (non-hydrogen) atoms. The molecule has 0 aliphatic rings. The third-order valence-electron chi connectivity index (χ3n) is 4.16. The predicted molar refractivity (Wildman–Crippen MR) is 120 cm³/mol. The van der Waals surface area contributed by atoms with Gasteiger partial charge in [-0.3, -0.25) is 10.2 Å². The second-order valence-corrected chi connectivity index (χ2v) is 6.67. The summed E-state index contributed by atoms with van der Waals surface area (Å²) >= 11 is 5.26. The fourth-order valence-electron chi connectivity index (χ4n) is 2.85. The maximum Gasteiger partial charge on any atom is 0.240 e. The van der Waals surface area contributed by atoms with Crippen LogP contribution in [-0.2, 0) is 16.1 Å². The van der Waals surface area contributed by atoms with Gasteiger partial charge in [-0.15, -0.1) is 0 Å². The molecule has 0 aliphatic heterocycles. The number of hydrogen-bond donors (Lipinski definition) is 3. The van der Waals surface area contributed by atoms with E-state index in [-0.39, 0.29) is 12.5 Å². The molecule has 0 fully saturated rings. The third kappa shape index (κ3) is 5.87. The van der Waals surface area contributed by atoms with Crippen molar-refractivity contribution in [3.8, 4) is 0 Å². The van der Waals surface area contributed by atoms with Gasteiger partial charge in [0.05, 0.1) is 12.8 Å². The van der Waals surface area contributed by atoms with Crippen LogP contribution in [-0.4, -0.2) is 42.1 Å². The number of rotatable bonds is 8. The van der Waals surface area contributed by atoms with Crippen molar-refractivity contribution >= 4 is 46.0 Å². The molecule has 0 unspecified atom stereocenters. The average Bonchev–Trinajstić information content (AvgIpc) is 3.06. The van der Waals surface area contributed by atoms with Gasteiger partial charge in [-0.2, -0.15) is 5.10 Å². The molecule has 1 heterocycles. The van der Waals surface area contributed by atoms with Gasteiger partial charge in [-0.05, 0) is 30.4 Å². The molecule has 3 N–H and O–H groups in total. The van der Waals surface area contributed by atoms with E-state index in [0.717, 1.165) is 22.2 Å². The number of aromatic nitrogens is 1. The van der Waals surface area contributed by atoms with Crippen molar-refractivity contribution in [2.75, 3.05) is 25.6 Å². The lowest BCUT2D eigenvalue weighted by Crippen LogP contribution is -2.30. The number of amides is 1. The number of anilines is 1. The van der Waals surface area contributed by atoms with Gasteiger partial charge in [0.1, 0.15) is 6.54 Å². The summed E-state index contributed by atoms with van der Waals surface area (Å²) in [7, 11) is 1.60. The van der Waals surface area contributed by atoms with Gasteiger partial charge >= 0.3 is 0 Å². The van der Waals surface area contributed by atoms with Gasteiger partial charge in [0.2, 0.25) is 5.91 Å². The minimum Gasteiger partial charge on any atom is -0.383 e. The molecule has 0 spiro atoms. The van der Waals surface area contributed by atoms with E-state index in [1.807, 2.05) is 65.4 Å². The number of nitrogens with one attached hydrogen (secondary N) is 3. The Kier molecular flexibility index (Phi) is 7.32. The molecule has 0 saturated carbocycles. The van der Waals surface area contributed by atoms with E-state index < -0.39 is 0 Å². The van der Waals surface area contributed by atoms with E-state index in [9.17, 15) is 4.79 Å². The Morgan fingerprint density at radius 2 is 1.93 bits per heavy atom. The van der Waals surface area contributed by atoms with Gasteiger partial charge in [-0.25, -0.2) is 0 Å². The Hall–Kier alpha value is -3.23. The summed E-state index contributed by atoms with van der Waals surface area (Å²) in [6, 6.07) is 17.5. The molecule has 7 nitrogen and oxygen atoms in total. The largest absolute Gasteiger partial charge is 0.383 e. The maximum atomic E-state index is 12.2. The lowest BCUT2D eigenvalue weighted by Gasteiger charge is -2.06. The molecule has 3 rings (SSSR count). The van der Waals surface area contributed by atoms with Crippen molar-refractivity contribution in [1.82, 2.24) is 15.3 Å². The zero-order chi connectivity index (χ0) is 20.5. The zero-order valence-electron chi connectivity index (χ0n) is 16.1. The molecule has 150 valence electrons. The van der Waals surface area contributed by atoms with Gasteiger partial charge in [0.25, 0.3) is 0 Å². The van der Waals surface area contributed by atoms with Crippen LogP contribution in [0, 0.1) is 0 Å². The number of ether oxygens (including phenoxy) is 1. The third-order valence-corrected chi connectivity index (χ3v) is 4.36. The SMILES string of the molecule is COCCNC(=O)Cn1cc(/C=N\NC(=S)Nc2ccccc2)c2ccccc21. The summed E-state index contributed by atoms with van der Waals surface area (Å²) in [5.74, 6) is -0.0716. The molecule has 2 aromatic carbocycles. The molecule has 1 aromatic heterocycles. The van der Waals surface area contributed by atoms with Gasteiger partial charge in [0.15, 0.2) is 5.11 Å².